The van der Waals surface area contributed by atoms with E-state index < -0.39 is 0 Å². The van der Waals surface area contributed by atoms with Crippen molar-refractivity contribution >= 4 is 5.78 Å². The standard InChI is InChI=1S/C18H23NO2/c1-19-9-8-18-11-13(20)6-7-14(18)15(19)10-12-4-3-5-16(21-2)17(12)18/h3-5,14-15H,6-11H2,1-2H3/t14-,15+,18-/m0/s1. The lowest BCUT2D eigenvalue weighted by Crippen LogP contribution is -2.61. The van der Waals surface area contributed by atoms with Gasteiger partial charge in [0, 0.05) is 29.9 Å². The number of nitrogens with zero attached hydrogens (tertiary/aromatic N) is 1. The number of ether oxygens (including phenoxy) is 1. The van der Waals surface area contributed by atoms with E-state index in [4.69, 9.17) is 4.74 Å². The molecule has 2 fully saturated rings. The molecule has 0 amide bonds. The van der Waals surface area contributed by atoms with Crippen LogP contribution in [0.25, 0.3) is 0 Å². The van der Waals surface area contributed by atoms with Crippen molar-refractivity contribution < 1.29 is 9.53 Å². The molecule has 0 unspecified atom stereocenters. The zero-order chi connectivity index (χ0) is 14.6. The highest BCUT2D eigenvalue weighted by molar-refractivity contribution is 5.82. The van der Waals surface area contributed by atoms with E-state index in [1.54, 1.807) is 7.11 Å². The van der Waals surface area contributed by atoms with Crippen molar-refractivity contribution in [3.05, 3.63) is 29.3 Å². The average molecular weight is 285 g/mol. The number of fused-ring (bicyclic) bond motifs is 1. The number of rotatable bonds is 1. The minimum atomic E-state index is 0.0344. The Bertz CT molecular complexity index is 597. The molecule has 1 aromatic rings. The largest absolute Gasteiger partial charge is 0.496 e. The predicted molar refractivity (Wildman–Crippen MR) is 81.8 cm³/mol. The van der Waals surface area contributed by atoms with Crippen molar-refractivity contribution in [3.63, 3.8) is 0 Å². The third-order valence-electron chi connectivity index (χ3n) is 6.16. The molecule has 3 atom stereocenters. The van der Waals surface area contributed by atoms with Crippen LogP contribution in [0.2, 0.25) is 0 Å². The first kappa shape index (κ1) is 13.3. The van der Waals surface area contributed by atoms with Crippen LogP contribution in [0.4, 0.5) is 0 Å². The Morgan fingerprint density at radius 3 is 3.05 bits per heavy atom. The summed E-state index contributed by atoms with van der Waals surface area (Å²) in [6, 6.07) is 6.99. The molecule has 112 valence electrons. The Balaban J connectivity index is 1.94. The van der Waals surface area contributed by atoms with Gasteiger partial charge in [0.05, 0.1) is 7.11 Å². The summed E-state index contributed by atoms with van der Waals surface area (Å²) in [7, 11) is 4.00. The summed E-state index contributed by atoms with van der Waals surface area (Å²) in [4.78, 5) is 14.8. The molecule has 1 saturated carbocycles. The van der Waals surface area contributed by atoms with E-state index in [2.05, 4.69) is 30.1 Å². The van der Waals surface area contributed by atoms with Crippen LogP contribution >= 0.6 is 0 Å². The van der Waals surface area contributed by atoms with Crippen molar-refractivity contribution in [2.45, 2.75) is 43.6 Å². The Kier molecular flexibility index (Phi) is 2.90. The summed E-state index contributed by atoms with van der Waals surface area (Å²) >= 11 is 0. The van der Waals surface area contributed by atoms with E-state index in [0.717, 1.165) is 44.4 Å². The fourth-order valence-corrected chi connectivity index (χ4v) is 5.25. The number of likely N-dealkylation sites (N-methyl/N-ethyl adjacent to an activating group) is 1. The second-order valence-electron chi connectivity index (χ2n) is 7.01. The maximum Gasteiger partial charge on any atom is 0.133 e. The molecule has 21 heavy (non-hydrogen) atoms. The fourth-order valence-electron chi connectivity index (χ4n) is 5.25. The normalized spacial score (nSPS) is 35.0. The highest BCUT2D eigenvalue weighted by atomic mass is 16.5. The molecular weight excluding hydrogens is 262 g/mol. The molecule has 1 aromatic carbocycles. The summed E-state index contributed by atoms with van der Waals surface area (Å²) in [6.07, 6.45) is 4.72. The maximum atomic E-state index is 12.2. The minimum Gasteiger partial charge on any atom is -0.496 e. The van der Waals surface area contributed by atoms with Gasteiger partial charge in [0.25, 0.3) is 0 Å². The number of carbonyl (C=O) groups is 1. The number of methoxy groups -OCH3 is 1. The molecule has 2 bridgehead atoms. The zero-order valence-corrected chi connectivity index (χ0v) is 12.9. The van der Waals surface area contributed by atoms with Gasteiger partial charge in [-0.25, -0.2) is 0 Å². The molecular formula is C18H23NO2. The number of likely N-dealkylation sites (tertiary alicyclic amines) is 1. The number of ketones is 1. The van der Waals surface area contributed by atoms with E-state index in [-0.39, 0.29) is 5.41 Å². The van der Waals surface area contributed by atoms with E-state index in [1.165, 1.54) is 11.1 Å². The van der Waals surface area contributed by atoms with Crippen LogP contribution < -0.4 is 4.74 Å². The van der Waals surface area contributed by atoms with Gasteiger partial charge in [0.15, 0.2) is 0 Å². The Hall–Kier alpha value is -1.35. The Morgan fingerprint density at radius 2 is 2.24 bits per heavy atom. The first-order chi connectivity index (χ1) is 10.2. The van der Waals surface area contributed by atoms with E-state index >= 15 is 0 Å². The summed E-state index contributed by atoms with van der Waals surface area (Å²) in [6.45, 7) is 1.09. The summed E-state index contributed by atoms with van der Waals surface area (Å²) in [5, 5.41) is 0. The predicted octanol–water partition coefficient (Wildman–Crippen LogP) is 2.56. The van der Waals surface area contributed by atoms with Crippen LogP contribution in [0.15, 0.2) is 18.2 Å². The van der Waals surface area contributed by atoms with Crippen molar-refractivity contribution in [1.29, 1.82) is 0 Å². The van der Waals surface area contributed by atoms with Crippen molar-refractivity contribution in [3.8, 4) is 5.75 Å². The smallest absolute Gasteiger partial charge is 0.133 e. The third kappa shape index (κ3) is 1.73. The van der Waals surface area contributed by atoms with Crippen LogP contribution in [-0.4, -0.2) is 37.4 Å². The van der Waals surface area contributed by atoms with Gasteiger partial charge in [-0.15, -0.1) is 0 Å². The van der Waals surface area contributed by atoms with Gasteiger partial charge >= 0.3 is 0 Å². The molecule has 1 heterocycles. The first-order valence-corrected chi connectivity index (χ1v) is 8.04. The fraction of sp³-hybridized carbons (Fsp3) is 0.611. The topological polar surface area (TPSA) is 29.5 Å². The van der Waals surface area contributed by atoms with Crippen molar-refractivity contribution in [2.75, 3.05) is 20.7 Å². The SMILES string of the molecule is COc1cccc2c1[C@]13CCN(C)[C@H](C2)[C@@H]1CCC(=O)C3. The molecule has 2 aliphatic carbocycles. The maximum absolute atomic E-state index is 12.2. The highest BCUT2D eigenvalue weighted by Gasteiger charge is 2.55. The second-order valence-corrected chi connectivity index (χ2v) is 7.01. The van der Waals surface area contributed by atoms with Gasteiger partial charge in [0.1, 0.15) is 11.5 Å². The molecule has 0 N–H and O–H groups in total. The number of Topliss-reactive ketones (excluding diaryl/α,β-unsaturated/α-hetero) is 1. The molecule has 0 spiro atoms. The number of carbonyl (C=O) groups excluding carboxylic acids is 1. The van der Waals surface area contributed by atoms with Gasteiger partial charge in [-0.05, 0) is 50.4 Å². The molecule has 1 aliphatic heterocycles. The lowest BCUT2D eigenvalue weighted by atomic mass is 9.52. The Labute approximate surface area is 126 Å². The molecule has 3 aliphatic rings. The molecule has 0 radical (unpaired) electrons. The lowest BCUT2D eigenvalue weighted by Gasteiger charge is -2.58. The van der Waals surface area contributed by atoms with Gasteiger partial charge in [-0.2, -0.15) is 0 Å². The summed E-state index contributed by atoms with van der Waals surface area (Å²) in [5.74, 6) is 2.04. The summed E-state index contributed by atoms with van der Waals surface area (Å²) < 4.78 is 5.68. The van der Waals surface area contributed by atoms with Gasteiger partial charge in [-0.1, -0.05) is 12.1 Å². The first-order valence-electron chi connectivity index (χ1n) is 8.04. The lowest BCUT2D eigenvalue weighted by molar-refractivity contribution is -0.126. The number of hydrogen-bond acceptors (Lipinski definition) is 3. The van der Waals surface area contributed by atoms with Crippen molar-refractivity contribution in [1.82, 2.24) is 4.90 Å². The van der Waals surface area contributed by atoms with Crippen LogP contribution in [0.1, 0.15) is 36.8 Å². The number of hydrogen-bond donors (Lipinski definition) is 0. The number of piperidine rings is 1. The van der Waals surface area contributed by atoms with Gasteiger partial charge in [0.2, 0.25) is 0 Å². The summed E-state index contributed by atoms with van der Waals surface area (Å²) in [5.41, 5.74) is 2.79. The average Bonchev–Trinajstić information content (AvgIpc) is 2.50. The van der Waals surface area contributed by atoms with Gasteiger partial charge < -0.3 is 9.64 Å². The van der Waals surface area contributed by atoms with E-state index in [1.807, 2.05) is 0 Å². The number of benzene rings is 1. The minimum absolute atomic E-state index is 0.0344. The monoisotopic (exact) mass is 285 g/mol. The third-order valence-corrected chi connectivity index (χ3v) is 6.16. The van der Waals surface area contributed by atoms with Crippen LogP contribution in [0.5, 0.6) is 5.75 Å². The molecule has 3 nitrogen and oxygen atoms in total. The van der Waals surface area contributed by atoms with E-state index in [0.29, 0.717) is 17.7 Å². The molecule has 0 aromatic heterocycles. The second kappa shape index (κ2) is 4.57. The molecule has 4 rings (SSSR count). The van der Waals surface area contributed by atoms with Crippen LogP contribution in [-0.2, 0) is 16.6 Å². The van der Waals surface area contributed by atoms with Crippen LogP contribution in [0, 0.1) is 5.92 Å². The Morgan fingerprint density at radius 1 is 1.38 bits per heavy atom. The highest BCUT2D eigenvalue weighted by Crippen LogP contribution is 2.56. The molecule has 1 saturated heterocycles. The molecule has 3 heteroatoms. The van der Waals surface area contributed by atoms with Gasteiger partial charge in [-0.3, -0.25) is 4.79 Å². The van der Waals surface area contributed by atoms with E-state index in [9.17, 15) is 4.79 Å². The van der Waals surface area contributed by atoms with Crippen molar-refractivity contribution in [2.24, 2.45) is 5.92 Å². The van der Waals surface area contributed by atoms with Crippen LogP contribution in [0.3, 0.4) is 0 Å². The quantitative estimate of drug-likeness (QED) is 0.794. The zero-order valence-electron chi connectivity index (χ0n) is 12.9.